The average molecular weight is 182 g/mol. The lowest BCUT2D eigenvalue weighted by molar-refractivity contribution is -0.122. The summed E-state index contributed by atoms with van der Waals surface area (Å²) in [6, 6.07) is 0. The summed E-state index contributed by atoms with van der Waals surface area (Å²) >= 11 is 0. The van der Waals surface area contributed by atoms with E-state index in [1.54, 1.807) is 0 Å². The van der Waals surface area contributed by atoms with Crippen molar-refractivity contribution in [3.8, 4) is 0 Å². The van der Waals surface area contributed by atoms with Crippen molar-refractivity contribution >= 4 is 5.78 Å². The van der Waals surface area contributed by atoms with Gasteiger partial charge in [-0.2, -0.15) is 0 Å². The molecule has 1 fully saturated rings. The van der Waals surface area contributed by atoms with Crippen LogP contribution in [0.3, 0.4) is 0 Å². The fourth-order valence-corrected chi connectivity index (χ4v) is 1.71. The van der Waals surface area contributed by atoms with Crippen LogP contribution in [0.5, 0.6) is 0 Å². The van der Waals surface area contributed by atoms with Crippen molar-refractivity contribution in [2.75, 3.05) is 13.1 Å². The fraction of sp³-hybridized carbons (Fsp3) is 0.818. The summed E-state index contributed by atoms with van der Waals surface area (Å²) in [4.78, 5) is 11.6. The van der Waals surface area contributed by atoms with Crippen molar-refractivity contribution in [2.45, 2.75) is 39.0 Å². The molecule has 0 aliphatic carbocycles. The molecular formula is C11H20NO. The van der Waals surface area contributed by atoms with E-state index in [1.807, 2.05) is 0 Å². The molecule has 2 heteroatoms. The Kier molecular flexibility index (Phi) is 5.06. The van der Waals surface area contributed by atoms with Gasteiger partial charge >= 0.3 is 0 Å². The Hall–Kier alpha value is -0.370. The first-order valence-corrected chi connectivity index (χ1v) is 5.41. The fourth-order valence-electron chi connectivity index (χ4n) is 1.71. The highest BCUT2D eigenvalue weighted by Crippen LogP contribution is 2.13. The van der Waals surface area contributed by atoms with Gasteiger partial charge in [0, 0.05) is 18.9 Å². The number of hydrogen-bond acceptors (Lipinski definition) is 2. The lowest BCUT2D eigenvalue weighted by Crippen LogP contribution is -2.34. The summed E-state index contributed by atoms with van der Waals surface area (Å²) < 4.78 is 0. The first-order chi connectivity index (χ1) is 6.34. The zero-order valence-corrected chi connectivity index (χ0v) is 8.51. The first-order valence-electron chi connectivity index (χ1n) is 5.41. The van der Waals surface area contributed by atoms with E-state index in [0.717, 1.165) is 32.4 Å². The van der Waals surface area contributed by atoms with Gasteiger partial charge in [0.15, 0.2) is 0 Å². The molecule has 0 spiro atoms. The number of ketones is 1. The number of unbranched alkanes of at least 4 members (excludes halogenated alkanes) is 2. The van der Waals surface area contributed by atoms with Gasteiger partial charge in [-0.3, -0.25) is 4.79 Å². The van der Waals surface area contributed by atoms with E-state index in [1.165, 1.54) is 12.8 Å². The number of piperidine rings is 1. The third-order valence-corrected chi connectivity index (χ3v) is 2.58. The molecule has 13 heavy (non-hydrogen) atoms. The molecule has 1 atom stereocenters. The third kappa shape index (κ3) is 3.90. The maximum absolute atomic E-state index is 11.6. The van der Waals surface area contributed by atoms with Crippen molar-refractivity contribution in [2.24, 2.45) is 5.92 Å². The van der Waals surface area contributed by atoms with Crippen molar-refractivity contribution in [3.05, 3.63) is 6.42 Å². The van der Waals surface area contributed by atoms with Gasteiger partial charge in [-0.25, -0.2) is 0 Å². The van der Waals surface area contributed by atoms with Crippen LogP contribution in [-0.2, 0) is 4.79 Å². The number of carbonyl (C=O) groups is 1. The van der Waals surface area contributed by atoms with Gasteiger partial charge in [0.05, 0.1) is 0 Å². The van der Waals surface area contributed by atoms with Crippen LogP contribution in [0.25, 0.3) is 0 Å². The van der Waals surface area contributed by atoms with Gasteiger partial charge in [0.25, 0.3) is 0 Å². The molecule has 0 bridgehead atoms. The molecule has 0 saturated carbocycles. The van der Waals surface area contributed by atoms with Crippen LogP contribution in [0.15, 0.2) is 0 Å². The van der Waals surface area contributed by atoms with E-state index in [0.29, 0.717) is 5.78 Å². The summed E-state index contributed by atoms with van der Waals surface area (Å²) in [5, 5.41) is 3.25. The molecule has 0 aromatic rings. The molecule has 0 aromatic heterocycles. The highest BCUT2D eigenvalue weighted by atomic mass is 16.1. The van der Waals surface area contributed by atoms with Crippen molar-refractivity contribution in [1.82, 2.24) is 5.32 Å². The smallest absolute Gasteiger partial charge is 0.137 e. The molecule has 1 saturated heterocycles. The zero-order chi connectivity index (χ0) is 9.52. The van der Waals surface area contributed by atoms with Crippen LogP contribution in [0.1, 0.15) is 39.0 Å². The molecule has 0 amide bonds. The number of nitrogens with one attached hydrogen (secondary N) is 1. The minimum Gasteiger partial charge on any atom is -0.316 e. The van der Waals surface area contributed by atoms with Gasteiger partial charge in [0.2, 0.25) is 0 Å². The summed E-state index contributed by atoms with van der Waals surface area (Å²) in [6.45, 7) is 4.07. The minimum absolute atomic E-state index is 0.200. The maximum Gasteiger partial charge on any atom is 0.137 e. The Morgan fingerprint density at radius 2 is 2.38 bits per heavy atom. The predicted octanol–water partition coefficient (Wildman–Crippen LogP) is 1.95. The number of rotatable bonds is 5. The monoisotopic (exact) mass is 182 g/mol. The highest BCUT2D eigenvalue weighted by Gasteiger charge is 2.19. The quantitative estimate of drug-likeness (QED) is 0.658. The molecule has 1 radical (unpaired) electrons. The van der Waals surface area contributed by atoms with Crippen LogP contribution >= 0.6 is 0 Å². The zero-order valence-electron chi connectivity index (χ0n) is 8.51. The molecule has 1 aliphatic rings. The molecular weight excluding hydrogens is 162 g/mol. The second-order valence-corrected chi connectivity index (χ2v) is 3.76. The molecule has 75 valence electrons. The van der Waals surface area contributed by atoms with E-state index < -0.39 is 0 Å². The molecule has 1 unspecified atom stereocenters. The summed E-state index contributed by atoms with van der Waals surface area (Å²) in [7, 11) is 0. The topological polar surface area (TPSA) is 29.1 Å². The Morgan fingerprint density at radius 1 is 1.54 bits per heavy atom. The number of carbonyl (C=O) groups excluding carboxylic acids is 1. The molecule has 2 nitrogen and oxygen atoms in total. The second kappa shape index (κ2) is 6.14. The SMILES string of the molecule is CCCCCC(=O)C1[CH]CCNC1. The van der Waals surface area contributed by atoms with Gasteiger partial charge in [-0.15, -0.1) is 0 Å². The molecule has 1 rings (SSSR count). The van der Waals surface area contributed by atoms with Gasteiger partial charge < -0.3 is 5.32 Å². The first kappa shape index (κ1) is 10.7. The Balaban J connectivity index is 2.13. The standard InChI is InChI=1S/C11H20NO/c1-2-3-4-7-11(13)10-6-5-8-12-9-10/h6,10,12H,2-5,7-9H2,1H3. The summed E-state index contributed by atoms with van der Waals surface area (Å²) in [6.07, 6.45) is 7.44. The Morgan fingerprint density at radius 3 is 3.00 bits per heavy atom. The van der Waals surface area contributed by atoms with Crippen LogP contribution < -0.4 is 5.32 Å². The molecule has 0 aromatic carbocycles. The van der Waals surface area contributed by atoms with Crippen LogP contribution in [0, 0.1) is 12.3 Å². The van der Waals surface area contributed by atoms with Crippen LogP contribution in [0.4, 0.5) is 0 Å². The Labute approximate surface area is 81.1 Å². The molecule has 1 aliphatic heterocycles. The second-order valence-electron chi connectivity index (χ2n) is 3.76. The van der Waals surface area contributed by atoms with E-state index in [9.17, 15) is 4.79 Å². The molecule has 1 N–H and O–H groups in total. The van der Waals surface area contributed by atoms with Gasteiger partial charge in [-0.05, 0) is 25.8 Å². The van der Waals surface area contributed by atoms with Crippen LogP contribution in [0.2, 0.25) is 0 Å². The van der Waals surface area contributed by atoms with Crippen LogP contribution in [-0.4, -0.2) is 18.9 Å². The van der Waals surface area contributed by atoms with E-state index >= 15 is 0 Å². The van der Waals surface area contributed by atoms with Crippen molar-refractivity contribution in [3.63, 3.8) is 0 Å². The highest BCUT2D eigenvalue weighted by molar-refractivity contribution is 5.82. The predicted molar refractivity (Wildman–Crippen MR) is 54.4 cm³/mol. The van der Waals surface area contributed by atoms with E-state index in [2.05, 4.69) is 18.7 Å². The van der Waals surface area contributed by atoms with E-state index in [4.69, 9.17) is 0 Å². The molecule has 1 heterocycles. The number of hydrogen-bond donors (Lipinski definition) is 1. The van der Waals surface area contributed by atoms with E-state index in [-0.39, 0.29) is 5.92 Å². The lowest BCUT2D eigenvalue weighted by atomic mass is 9.92. The average Bonchev–Trinajstić information content (AvgIpc) is 2.19. The summed E-state index contributed by atoms with van der Waals surface area (Å²) in [5.41, 5.74) is 0. The third-order valence-electron chi connectivity index (χ3n) is 2.58. The minimum atomic E-state index is 0.200. The van der Waals surface area contributed by atoms with Gasteiger partial charge in [0.1, 0.15) is 5.78 Å². The Bertz CT molecular complexity index is 150. The van der Waals surface area contributed by atoms with Gasteiger partial charge in [-0.1, -0.05) is 19.8 Å². The van der Waals surface area contributed by atoms with Crippen molar-refractivity contribution < 1.29 is 4.79 Å². The maximum atomic E-state index is 11.6. The lowest BCUT2D eigenvalue weighted by Gasteiger charge is -2.21. The van der Waals surface area contributed by atoms with Crippen molar-refractivity contribution in [1.29, 1.82) is 0 Å². The largest absolute Gasteiger partial charge is 0.316 e. The number of Topliss-reactive ketones (excluding diaryl/α,β-unsaturated/α-hetero) is 1. The summed E-state index contributed by atoms with van der Waals surface area (Å²) in [5.74, 6) is 0.631. The normalized spacial score (nSPS) is 23.0.